The van der Waals surface area contributed by atoms with E-state index in [1.807, 2.05) is 18.2 Å². The van der Waals surface area contributed by atoms with Crippen molar-refractivity contribution >= 4 is 22.8 Å². The van der Waals surface area contributed by atoms with Gasteiger partial charge in [-0.05, 0) is 69.4 Å². The number of hydrogen-bond donors (Lipinski definition) is 2. The van der Waals surface area contributed by atoms with Gasteiger partial charge in [-0.1, -0.05) is 12.1 Å². The summed E-state index contributed by atoms with van der Waals surface area (Å²) in [5, 5.41) is 6.47. The molecule has 2 unspecified atom stereocenters. The molecule has 4 aliphatic carbocycles. The Kier molecular flexibility index (Phi) is 4.23. The van der Waals surface area contributed by atoms with Gasteiger partial charge in [-0.15, -0.1) is 0 Å². The van der Waals surface area contributed by atoms with Gasteiger partial charge in [-0.3, -0.25) is 9.59 Å². The van der Waals surface area contributed by atoms with Crippen LogP contribution < -0.4 is 10.6 Å². The van der Waals surface area contributed by atoms with Gasteiger partial charge in [-0.2, -0.15) is 0 Å². The molecule has 4 aliphatic rings. The van der Waals surface area contributed by atoms with E-state index in [4.69, 9.17) is 4.98 Å². The van der Waals surface area contributed by atoms with Crippen LogP contribution in [0.15, 0.2) is 24.3 Å². The van der Waals surface area contributed by atoms with E-state index in [0.29, 0.717) is 18.4 Å². The average Bonchev–Trinajstić information content (AvgIpc) is 3.01. The second-order valence-corrected chi connectivity index (χ2v) is 9.65. The van der Waals surface area contributed by atoms with E-state index >= 15 is 0 Å². The number of carbonyl (C=O) groups is 2. The topological polar surface area (TPSA) is 76.0 Å². The van der Waals surface area contributed by atoms with Gasteiger partial charge >= 0.3 is 0 Å². The molecule has 1 heterocycles. The number of nitrogens with one attached hydrogen (secondary N) is 2. The lowest BCUT2D eigenvalue weighted by Crippen LogP contribution is -2.65. The number of rotatable bonds is 5. The molecular weight excluding hydrogens is 364 g/mol. The minimum atomic E-state index is -0.338. The highest BCUT2D eigenvalue weighted by Crippen LogP contribution is 2.61. The maximum Gasteiger partial charge on any atom is 0.226 e. The summed E-state index contributed by atoms with van der Waals surface area (Å²) < 4.78 is 2.17. The summed E-state index contributed by atoms with van der Waals surface area (Å²) >= 11 is 0. The van der Waals surface area contributed by atoms with Gasteiger partial charge in [0.2, 0.25) is 11.8 Å². The van der Waals surface area contributed by atoms with Crippen LogP contribution in [0.1, 0.15) is 58.2 Å². The summed E-state index contributed by atoms with van der Waals surface area (Å²) in [6.07, 6.45) is 5.97. The highest BCUT2D eigenvalue weighted by molar-refractivity contribution is 5.84. The Bertz CT molecular complexity index is 964. The van der Waals surface area contributed by atoms with Gasteiger partial charge in [0.1, 0.15) is 5.82 Å². The number of fused-ring (bicyclic) bond motifs is 1. The van der Waals surface area contributed by atoms with E-state index in [2.05, 4.69) is 28.2 Å². The van der Waals surface area contributed by atoms with Crippen LogP contribution in [0.5, 0.6) is 0 Å². The molecule has 0 aliphatic heterocycles. The van der Waals surface area contributed by atoms with Crippen LogP contribution in [0.4, 0.5) is 0 Å². The van der Waals surface area contributed by atoms with Gasteiger partial charge in [0, 0.05) is 19.0 Å². The largest absolute Gasteiger partial charge is 0.351 e. The maximum atomic E-state index is 13.5. The number of benzene rings is 1. The minimum absolute atomic E-state index is 0.0270. The summed E-state index contributed by atoms with van der Waals surface area (Å²) in [5.41, 5.74) is 1.57. The second-order valence-electron chi connectivity index (χ2n) is 9.65. The van der Waals surface area contributed by atoms with E-state index in [1.54, 1.807) is 6.92 Å². The molecule has 0 saturated heterocycles. The third-order valence-corrected chi connectivity index (χ3v) is 7.44. The van der Waals surface area contributed by atoms with Gasteiger partial charge in [0.25, 0.3) is 0 Å². The molecule has 1 aromatic heterocycles. The molecule has 6 rings (SSSR count). The molecule has 2 N–H and O–H groups in total. The summed E-state index contributed by atoms with van der Waals surface area (Å²) in [5.74, 6) is 2.18. The Morgan fingerprint density at radius 3 is 2.59 bits per heavy atom. The lowest BCUT2D eigenvalue weighted by molar-refractivity contribution is -0.153. The number of aromatic nitrogens is 2. The van der Waals surface area contributed by atoms with E-state index in [9.17, 15) is 9.59 Å². The first kappa shape index (κ1) is 18.6. The number of amides is 2. The van der Waals surface area contributed by atoms with Crippen LogP contribution in [-0.4, -0.2) is 26.9 Å². The highest BCUT2D eigenvalue weighted by Gasteiger charge is 2.60. The van der Waals surface area contributed by atoms with Crippen molar-refractivity contribution < 1.29 is 9.59 Å². The lowest BCUT2D eigenvalue weighted by Gasteiger charge is -2.61. The normalized spacial score (nSPS) is 32.5. The van der Waals surface area contributed by atoms with E-state index in [0.717, 1.165) is 55.5 Å². The van der Waals surface area contributed by atoms with Gasteiger partial charge < -0.3 is 15.2 Å². The first-order valence-electron chi connectivity index (χ1n) is 10.9. The van der Waals surface area contributed by atoms with Crippen LogP contribution in [0, 0.1) is 17.3 Å². The SMILES string of the molecule is CCn1c(CNC(=O)C23CC4CC(CC(NC(C)=O)(C4)C2)C3)nc2ccccc21. The predicted octanol–water partition coefficient (Wildman–Crippen LogP) is 3.15. The number of nitrogens with zero attached hydrogens (tertiary/aromatic N) is 2. The molecule has 154 valence electrons. The number of para-hydroxylation sites is 2. The van der Waals surface area contributed by atoms with E-state index in [-0.39, 0.29) is 22.8 Å². The molecule has 6 nitrogen and oxygen atoms in total. The molecule has 1 aromatic carbocycles. The molecule has 0 spiro atoms. The van der Waals surface area contributed by atoms with E-state index in [1.165, 1.54) is 6.42 Å². The summed E-state index contributed by atoms with van der Waals surface area (Å²) in [4.78, 5) is 30.0. The number of aryl methyl sites for hydroxylation is 1. The standard InChI is InChI=1S/C23H30N4O2/c1-3-27-19-7-5-4-6-18(19)25-20(27)13-24-21(29)22-9-16-8-17(10-22)12-23(11-16,14-22)26-15(2)28/h4-7,16-17H,3,8-14H2,1-2H3,(H,24,29)(H,26,28). The molecule has 2 atom stereocenters. The molecule has 4 fully saturated rings. The Morgan fingerprint density at radius 1 is 1.17 bits per heavy atom. The molecule has 2 aromatic rings. The molecule has 4 bridgehead atoms. The van der Waals surface area contributed by atoms with Crippen molar-refractivity contribution in [3.05, 3.63) is 30.1 Å². The second kappa shape index (κ2) is 6.57. The molecule has 6 heteroatoms. The summed E-state index contributed by atoms with van der Waals surface area (Å²) in [7, 11) is 0. The number of carbonyl (C=O) groups excluding carboxylic acids is 2. The highest BCUT2D eigenvalue weighted by atomic mass is 16.2. The minimum Gasteiger partial charge on any atom is -0.351 e. The average molecular weight is 395 g/mol. The molecule has 0 radical (unpaired) electrons. The van der Waals surface area contributed by atoms with Gasteiger partial charge in [0.05, 0.1) is 23.0 Å². The fraction of sp³-hybridized carbons (Fsp3) is 0.609. The van der Waals surface area contributed by atoms with Crippen LogP contribution in [0.2, 0.25) is 0 Å². The number of hydrogen-bond acceptors (Lipinski definition) is 3. The van der Waals surface area contributed by atoms with Crippen LogP contribution in [0.25, 0.3) is 11.0 Å². The Morgan fingerprint density at radius 2 is 1.90 bits per heavy atom. The first-order chi connectivity index (χ1) is 13.9. The first-order valence-corrected chi connectivity index (χ1v) is 10.9. The zero-order chi connectivity index (χ0) is 20.2. The molecular formula is C23H30N4O2. The maximum absolute atomic E-state index is 13.5. The zero-order valence-electron chi connectivity index (χ0n) is 17.3. The molecule has 29 heavy (non-hydrogen) atoms. The van der Waals surface area contributed by atoms with Gasteiger partial charge in [0.15, 0.2) is 0 Å². The fourth-order valence-electron chi connectivity index (χ4n) is 7.01. The lowest BCUT2D eigenvalue weighted by atomic mass is 9.46. The summed E-state index contributed by atoms with van der Waals surface area (Å²) in [6, 6.07) is 8.11. The van der Waals surface area contributed by atoms with Crippen LogP contribution in [0.3, 0.4) is 0 Å². The Hall–Kier alpha value is -2.37. The van der Waals surface area contributed by atoms with Crippen LogP contribution in [-0.2, 0) is 22.7 Å². The fourth-order valence-corrected chi connectivity index (χ4v) is 7.01. The van der Waals surface area contributed by atoms with Crippen molar-refractivity contribution in [2.45, 2.75) is 71.0 Å². The Balaban J connectivity index is 1.37. The quantitative estimate of drug-likeness (QED) is 0.818. The van der Waals surface area contributed by atoms with Gasteiger partial charge in [-0.25, -0.2) is 4.98 Å². The predicted molar refractivity (Wildman–Crippen MR) is 111 cm³/mol. The van der Waals surface area contributed by atoms with Crippen molar-refractivity contribution in [3.63, 3.8) is 0 Å². The van der Waals surface area contributed by atoms with Crippen molar-refractivity contribution in [3.8, 4) is 0 Å². The zero-order valence-corrected chi connectivity index (χ0v) is 17.3. The van der Waals surface area contributed by atoms with Crippen molar-refractivity contribution in [2.75, 3.05) is 0 Å². The Labute approximate surface area is 171 Å². The third kappa shape index (κ3) is 3.04. The number of imidazole rings is 1. The van der Waals surface area contributed by atoms with E-state index < -0.39 is 0 Å². The monoisotopic (exact) mass is 394 g/mol. The van der Waals surface area contributed by atoms with Crippen molar-refractivity contribution in [1.82, 2.24) is 20.2 Å². The van der Waals surface area contributed by atoms with Crippen molar-refractivity contribution in [2.24, 2.45) is 17.3 Å². The molecule has 4 saturated carbocycles. The van der Waals surface area contributed by atoms with Crippen LogP contribution >= 0.6 is 0 Å². The third-order valence-electron chi connectivity index (χ3n) is 7.44. The molecule has 2 amide bonds. The smallest absolute Gasteiger partial charge is 0.226 e. The van der Waals surface area contributed by atoms with Crippen molar-refractivity contribution in [1.29, 1.82) is 0 Å². The summed E-state index contributed by atoms with van der Waals surface area (Å²) in [6.45, 7) is 4.98.